The van der Waals surface area contributed by atoms with Gasteiger partial charge in [0.15, 0.2) is 0 Å². The van der Waals surface area contributed by atoms with Crippen LogP contribution in [0.1, 0.15) is 0 Å². The summed E-state index contributed by atoms with van der Waals surface area (Å²) in [6.07, 6.45) is 0. The van der Waals surface area contributed by atoms with Gasteiger partial charge in [0.05, 0.1) is 13.2 Å². The van der Waals surface area contributed by atoms with Crippen molar-refractivity contribution in [2.45, 2.75) is 0 Å². The Kier molecular flexibility index (Phi) is 12.8. The number of nitrogens with one attached hydrogen (secondary N) is 1. The Morgan fingerprint density at radius 1 is 1.07 bits per heavy atom. The first-order valence-electron chi connectivity index (χ1n) is 3.91. The molecule has 0 spiro atoms. The molecule has 0 aliphatic rings. The van der Waals surface area contributed by atoms with E-state index in [-0.39, 0.29) is 13.2 Å². The second-order valence-corrected chi connectivity index (χ2v) is 1.87. The second kappa shape index (κ2) is 11.8. The molecule has 82 valence electrons. The van der Waals surface area contributed by atoms with Crippen LogP contribution in [0.2, 0.25) is 0 Å². The van der Waals surface area contributed by atoms with E-state index in [4.69, 9.17) is 10.2 Å². The van der Waals surface area contributed by atoms with Gasteiger partial charge in [-0.15, -0.1) is 13.2 Å². The van der Waals surface area contributed by atoms with Crippen molar-refractivity contribution in [3.05, 3.63) is 34.0 Å². The van der Waals surface area contributed by atoms with E-state index < -0.39 is 11.3 Å². The summed E-state index contributed by atoms with van der Waals surface area (Å²) < 4.78 is 3.64. The highest BCUT2D eigenvalue weighted by atomic mass is 16.5. The van der Waals surface area contributed by atoms with Gasteiger partial charge in [0.2, 0.25) is 0 Å². The van der Waals surface area contributed by atoms with Gasteiger partial charge in [0, 0.05) is 13.1 Å². The summed E-state index contributed by atoms with van der Waals surface area (Å²) in [5, 5.41) is 19.1. The maximum atomic E-state index is 9.31. The molecule has 3 N–H and O–H groups in total. The van der Waals surface area contributed by atoms with Gasteiger partial charge in [-0.1, -0.05) is 0 Å². The first-order chi connectivity index (χ1) is 6.72. The van der Waals surface area contributed by atoms with E-state index in [0.717, 1.165) is 0 Å². The summed E-state index contributed by atoms with van der Waals surface area (Å²) in [6.45, 7) is 7.42. The topological polar surface area (TPSA) is 99.8 Å². The summed E-state index contributed by atoms with van der Waals surface area (Å²) >= 11 is 0. The molecule has 6 heteroatoms. The van der Waals surface area contributed by atoms with Crippen molar-refractivity contribution in [1.82, 2.24) is 5.32 Å². The number of hydrogen-bond donors (Lipinski definition) is 3. The monoisotopic (exact) mass is 205 g/mol. The predicted octanol–water partition coefficient (Wildman–Crippen LogP) is -1.76. The standard InChI is InChI=1S/C4H11NO2.C2O3.C2H4/c6-3-1-5-2-4-7;3-1-2(4)5-1;1-2/h5-7H,1-4H2;;1-2H2. The van der Waals surface area contributed by atoms with Crippen molar-refractivity contribution in [1.29, 1.82) is 0 Å². The largest absolute Gasteiger partial charge is 0.426 e. The van der Waals surface area contributed by atoms with E-state index >= 15 is 0 Å². The molecule has 0 radical (unpaired) electrons. The van der Waals surface area contributed by atoms with Gasteiger partial charge in [-0.3, -0.25) is 0 Å². The third kappa shape index (κ3) is 13.4. The highest BCUT2D eigenvalue weighted by Crippen LogP contribution is 1.54. The second-order valence-electron chi connectivity index (χ2n) is 1.87. The van der Waals surface area contributed by atoms with Crippen molar-refractivity contribution in [3.63, 3.8) is 0 Å². The quantitative estimate of drug-likeness (QED) is 0.306. The van der Waals surface area contributed by atoms with Crippen molar-refractivity contribution in [2.24, 2.45) is 0 Å². The highest BCUT2D eigenvalue weighted by Gasteiger charge is 2.02. The van der Waals surface area contributed by atoms with Crippen LogP contribution in [0.5, 0.6) is 0 Å². The molecule has 0 aromatic carbocycles. The van der Waals surface area contributed by atoms with Crippen molar-refractivity contribution < 1.29 is 14.6 Å². The molecule has 0 saturated heterocycles. The Bertz CT molecular complexity index is 237. The SMILES string of the molecule is C=C.O=c1oc1=O.OCCNCCO. The third-order valence-electron chi connectivity index (χ3n) is 0.888. The van der Waals surface area contributed by atoms with E-state index in [1.807, 2.05) is 0 Å². The molecular formula is C8H15NO5. The molecule has 1 rings (SSSR count). The smallest absolute Gasteiger partial charge is 0.395 e. The lowest BCUT2D eigenvalue weighted by molar-refractivity contribution is 0.267. The van der Waals surface area contributed by atoms with E-state index in [9.17, 15) is 9.59 Å². The number of aliphatic hydroxyl groups is 2. The van der Waals surface area contributed by atoms with Gasteiger partial charge >= 0.3 is 11.3 Å². The number of hydrogen-bond acceptors (Lipinski definition) is 6. The zero-order chi connectivity index (χ0) is 11.4. The van der Waals surface area contributed by atoms with Gasteiger partial charge in [-0.05, 0) is 0 Å². The lowest BCUT2D eigenvalue weighted by atomic mass is 10.6. The molecule has 0 aliphatic carbocycles. The Morgan fingerprint density at radius 2 is 1.36 bits per heavy atom. The number of rotatable bonds is 4. The van der Waals surface area contributed by atoms with Gasteiger partial charge in [-0.25, -0.2) is 9.59 Å². The van der Waals surface area contributed by atoms with Crippen LogP contribution in [0.25, 0.3) is 0 Å². The Labute approximate surface area is 81.2 Å². The minimum atomic E-state index is -0.718. The van der Waals surface area contributed by atoms with Crippen LogP contribution in [-0.4, -0.2) is 36.5 Å². The van der Waals surface area contributed by atoms with Gasteiger partial charge < -0.3 is 19.9 Å². The summed E-state index contributed by atoms with van der Waals surface area (Å²) in [5.74, 6) is 0. The van der Waals surface area contributed by atoms with Crippen LogP contribution in [0, 0.1) is 0 Å². The van der Waals surface area contributed by atoms with E-state index in [0.29, 0.717) is 13.1 Å². The van der Waals surface area contributed by atoms with Crippen LogP contribution in [0.15, 0.2) is 27.2 Å². The van der Waals surface area contributed by atoms with Crippen LogP contribution in [-0.2, 0) is 0 Å². The van der Waals surface area contributed by atoms with Crippen molar-refractivity contribution >= 4 is 0 Å². The van der Waals surface area contributed by atoms with Gasteiger partial charge in [0.1, 0.15) is 0 Å². The predicted molar refractivity (Wildman–Crippen MR) is 51.9 cm³/mol. The van der Waals surface area contributed by atoms with Crippen LogP contribution in [0.3, 0.4) is 0 Å². The zero-order valence-electron chi connectivity index (χ0n) is 7.86. The Hall–Kier alpha value is -1.24. The summed E-state index contributed by atoms with van der Waals surface area (Å²) in [7, 11) is 0. The minimum absolute atomic E-state index is 0.139. The molecule has 6 nitrogen and oxygen atoms in total. The fraction of sp³-hybridized carbons (Fsp3) is 0.500. The van der Waals surface area contributed by atoms with E-state index in [1.54, 1.807) is 0 Å². The normalized spacial score (nSPS) is 8.43. The highest BCUT2D eigenvalue weighted by molar-refractivity contribution is 4.66. The zero-order valence-corrected chi connectivity index (χ0v) is 7.86. The molecule has 1 aromatic heterocycles. The lowest BCUT2D eigenvalue weighted by Crippen LogP contribution is -2.21. The number of aliphatic hydroxyl groups excluding tert-OH is 2. The maximum Gasteiger partial charge on any atom is 0.426 e. The van der Waals surface area contributed by atoms with Gasteiger partial charge in [-0.2, -0.15) is 0 Å². The average Bonchev–Trinajstić information content (AvgIpc) is 2.85. The van der Waals surface area contributed by atoms with Crippen LogP contribution < -0.4 is 16.6 Å². The van der Waals surface area contributed by atoms with Gasteiger partial charge in [0.25, 0.3) is 0 Å². The lowest BCUT2D eigenvalue weighted by Gasteiger charge is -1.94. The van der Waals surface area contributed by atoms with Crippen molar-refractivity contribution in [2.75, 3.05) is 26.3 Å². The minimum Gasteiger partial charge on any atom is -0.395 e. The third-order valence-corrected chi connectivity index (χ3v) is 0.888. The van der Waals surface area contributed by atoms with E-state index in [2.05, 4.69) is 22.9 Å². The molecular weight excluding hydrogens is 190 g/mol. The molecule has 0 fully saturated rings. The summed E-state index contributed by atoms with van der Waals surface area (Å²) in [4.78, 5) is 18.6. The summed E-state index contributed by atoms with van der Waals surface area (Å²) in [6, 6.07) is 0. The van der Waals surface area contributed by atoms with Crippen LogP contribution in [0.4, 0.5) is 0 Å². The summed E-state index contributed by atoms with van der Waals surface area (Å²) in [5.41, 5.74) is -1.44. The van der Waals surface area contributed by atoms with E-state index in [1.165, 1.54) is 0 Å². The molecule has 14 heavy (non-hydrogen) atoms. The molecule has 1 heterocycles. The fourth-order valence-corrected chi connectivity index (χ4v) is 0.342. The molecule has 0 saturated carbocycles. The molecule has 0 unspecified atom stereocenters. The first kappa shape index (κ1) is 15.2. The first-order valence-corrected chi connectivity index (χ1v) is 3.91. The van der Waals surface area contributed by atoms with Crippen LogP contribution >= 0.6 is 0 Å². The molecule has 0 bridgehead atoms. The molecule has 1 aromatic rings. The molecule has 0 amide bonds. The fourth-order valence-electron chi connectivity index (χ4n) is 0.342. The molecule has 0 atom stereocenters. The molecule has 0 aliphatic heterocycles. The maximum absolute atomic E-state index is 9.31. The Morgan fingerprint density at radius 3 is 1.50 bits per heavy atom. The Balaban J connectivity index is 0. The van der Waals surface area contributed by atoms with Crippen molar-refractivity contribution in [3.8, 4) is 0 Å². The average molecular weight is 205 g/mol.